The van der Waals surface area contributed by atoms with Crippen molar-refractivity contribution in [1.82, 2.24) is 15.3 Å². The van der Waals surface area contributed by atoms with Crippen LogP contribution in [-0.2, 0) is 0 Å². The Balaban J connectivity index is 2.17. The molecule has 2 heterocycles. The molecule has 0 aromatic carbocycles. The summed E-state index contributed by atoms with van der Waals surface area (Å²) in [7, 11) is 0. The van der Waals surface area contributed by atoms with Gasteiger partial charge < -0.3 is 10.3 Å². The minimum absolute atomic E-state index is 0.906. The van der Waals surface area contributed by atoms with Gasteiger partial charge in [-0.05, 0) is 18.7 Å². The van der Waals surface area contributed by atoms with Gasteiger partial charge in [0, 0.05) is 29.9 Å². The molecule has 3 heteroatoms. The summed E-state index contributed by atoms with van der Waals surface area (Å²) in [6.45, 7) is 4.01. The van der Waals surface area contributed by atoms with E-state index in [1.807, 2.05) is 12.3 Å². The highest BCUT2D eigenvalue weighted by molar-refractivity contribution is 5.85. The Morgan fingerprint density at radius 2 is 2.47 bits per heavy atom. The molecule has 0 spiro atoms. The number of fused-ring (bicyclic) bond motifs is 1. The lowest BCUT2D eigenvalue weighted by molar-refractivity contribution is 0.801. The lowest BCUT2D eigenvalue weighted by Gasteiger charge is -1.93. The van der Waals surface area contributed by atoms with Crippen LogP contribution in [0.2, 0.25) is 0 Å². The first kappa shape index (κ1) is 9.93. The van der Waals surface area contributed by atoms with Gasteiger partial charge in [0.1, 0.15) is 5.65 Å². The Morgan fingerprint density at radius 3 is 3.33 bits per heavy atom. The second-order valence-electron chi connectivity index (χ2n) is 3.35. The Bertz CT molecular complexity index is 457. The standard InChI is InChI=1S/C12H15N3/c1-2-13-7-3-5-10-9-15-12-11(10)6-4-8-14-12/h3-6,8-9,13H,2,7H2,1H3,(H,14,15). The molecule has 78 valence electrons. The van der Waals surface area contributed by atoms with Gasteiger partial charge in [-0.2, -0.15) is 0 Å². The van der Waals surface area contributed by atoms with Crippen LogP contribution in [0, 0.1) is 0 Å². The molecule has 0 aliphatic rings. The summed E-state index contributed by atoms with van der Waals surface area (Å²) in [5.41, 5.74) is 2.14. The van der Waals surface area contributed by atoms with Gasteiger partial charge in [0.25, 0.3) is 0 Å². The highest BCUT2D eigenvalue weighted by Crippen LogP contribution is 2.16. The molecule has 3 nitrogen and oxygen atoms in total. The molecule has 0 radical (unpaired) electrons. The molecular formula is C12H15N3. The van der Waals surface area contributed by atoms with Crippen LogP contribution in [0.5, 0.6) is 0 Å². The minimum atomic E-state index is 0.906. The first-order valence-corrected chi connectivity index (χ1v) is 5.21. The molecule has 0 atom stereocenters. The molecule has 2 rings (SSSR count). The van der Waals surface area contributed by atoms with Crippen molar-refractivity contribution >= 4 is 17.1 Å². The van der Waals surface area contributed by atoms with Gasteiger partial charge in [-0.25, -0.2) is 4.98 Å². The number of aromatic amines is 1. The molecule has 2 aromatic heterocycles. The molecule has 0 bridgehead atoms. The van der Waals surface area contributed by atoms with E-state index in [-0.39, 0.29) is 0 Å². The maximum Gasteiger partial charge on any atom is 0.137 e. The first-order chi connectivity index (χ1) is 7.42. The average molecular weight is 201 g/mol. The highest BCUT2D eigenvalue weighted by atomic mass is 14.8. The normalized spacial score (nSPS) is 11.5. The Kier molecular flexibility index (Phi) is 3.15. The number of pyridine rings is 1. The molecule has 0 aliphatic carbocycles. The Morgan fingerprint density at radius 1 is 1.53 bits per heavy atom. The summed E-state index contributed by atoms with van der Waals surface area (Å²) in [5.74, 6) is 0. The fraction of sp³-hybridized carbons (Fsp3) is 0.250. The zero-order chi connectivity index (χ0) is 10.5. The molecule has 2 aromatic rings. The number of likely N-dealkylation sites (N-methyl/N-ethyl adjacent to an activating group) is 1. The monoisotopic (exact) mass is 201 g/mol. The van der Waals surface area contributed by atoms with E-state index in [2.05, 4.69) is 40.4 Å². The van der Waals surface area contributed by atoms with Crippen LogP contribution in [0.1, 0.15) is 12.5 Å². The quantitative estimate of drug-likeness (QED) is 0.744. The number of aromatic nitrogens is 2. The number of hydrogen-bond acceptors (Lipinski definition) is 2. The van der Waals surface area contributed by atoms with Crippen molar-refractivity contribution in [3.05, 3.63) is 36.2 Å². The molecule has 0 unspecified atom stereocenters. The lowest BCUT2D eigenvalue weighted by atomic mass is 10.2. The summed E-state index contributed by atoms with van der Waals surface area (Å²) in [6.07, 6.45) is 8.02. The van der Waals surface area contributed by atoms with Gasteiger partial charge in [-0.15, -0.1) is 0 Å². The van der Waals surface area contributed by atoms with E-state index in [1.165, 1.54) is 10.9 Å². The second-order valence-corrected chi connectivity index (χ2v) is 3.35. The van der Waals surface area contributed by atoms with E-state index in [9.17, 15) is 0 Å². The summed E-state index contributed by atoms with van der Waals surface area (Å²) in [6, 6.07) is 4.03. The van der Waals surface area contributed by atoms with E-state index in [0.717, 1.165) is 18.7 Å². The molecule has 0 saturated heterocycles. The van der Waals surface area contributed by atoms with Gasteiger partial charge in [0.15, 0.2) is 0 Å². The molecule has 15 heavy (non-hydrogen) atoms. The van der Waals surface area contributed by atoms with E-state index in [0.29, 0.717) is 0 Å². The molecule has 2 N–H and O–H groups in total. The zero-order valence-corrected chi connectivity index (χ0v) is 8.83. The molecule has 0 fully saturated rings. The third kappa shape index (κ3) is 2.25. The van der Waals surface area contributed by atoms with Crippen molar-refractivity contribution in [1.29, 1.82) is 0 Å². The SMILES string of the molecule is CCNCC=Cc1c[nH]c2ncccc12. The van der Waals surface area contributed by atoms with Gasteiger partial charge in [0.05, 0.1) is 0 Å². The van der Waals surface area contributed by atoms with E-state index < -0.39 is 0 Å². The molecular weight excluding hydrogens is 186 g/mol. The van der Waals surface area contributed by atoms with Crippen molar-refractivity contribution in [3.63, 3.8) is 0 Å². The van der Waals surface area contributed by atoms with Gasteiger partial charge in [-0.3, -0.25) is 0 Å². The van der Waals surface area contributed by atoms with Crippen molar-refractivity contribution in [2.24, 2.45) is 0 Å². The fourth-order valence-electron chi connectivity index (χ4n) is 1.53. The largest absolute Gasteiger partial charge is 0.346 e. The van der Waals surface area contributed by atoms with Gasteiger partial charge in [0.2, 0.25) is 0 Å². The maximum atomic E-state index is 4.24. The fourth-order valence-corrected chi connectivity index (χ4v) is 1.53. The lowest BCUT2D eigenvalue weighted by Crippen LogP contribution is -2.11. The Hall–Kier alpha value is -1.61. The number of H-pyrrole nitrogens is 1. The third-order valence-corrected chi connectivity index (χ3v) is 2.29. The van der Waals surface area contributed by atoms with Gasteiger partial charge in [-0.1, -0.05) is 19.1 Å². The smallest absolute Gasteiger partial charge is 0.137 e. The topological polar surface area (TPSA) is 40.7 Å². The van der Waals surface area contributed by atoms with E-state index >= 15 is 0 Å². The minimum Gasteiger partial charge on any atom is -0.346 e. The molecule has 0 saturated carbocycles. The van der Waals surface area contributed by atoms with Crippen LogP contribution in [0.4, 0.5) is 0 Å². The van der Waals surface area contributed by atoms with E-state index in [4.69, 9.17) is 0 Å². The zero-order valence-electron chi connectivity index (χ0n) is 8.83. The van der Waals surface area contributed by atoms with Crippen LogP contribution in [0.15, 0.2) is 30.6 Å². The molecule has 0 aliphatic heterocycles. The van der Waals surface area contributed by atoms with Crippen LogP contribution >= 0.6 is 0 Å². The van der Waals surface area contributed by atoms with Crippen LogP contribution in [0.3, 0.4) is 0 Å². The third-order valence-electron chi connectivity index (χ3n) is 2.29. The van der Waals surface area contributed by atoms with Gasteiger partial charge >= 0.3 is 0 Å². The van der Waals surface area contributed by atoms with Crippen LogP contribution < -0.4 is 5.32 Å². The number of nitrogens with one attached hydrogen (secondary N) is 2. The van der Waals surface area contributed by atoms with Crippen LogP contribution in [-0.4, -0.2) is 23.1 Å². The van der Waals surface area contributed by atoms with Crippen molar-refractivity contribution in [3.8, 4) is 0 Å². The first-order valence-electron chi connectivity index (χ1n) is 5.21. The van der Waals surface area contributed by atoms with Crippen molar-refractivity contribution in [2.45, 2.75) is 6.92 Å². The maximum absolute atomic E-state index is 4.24. The summed E-state index contributed by atoms with van der Waals surface area (Å²) < 4.78 is 0. The predicted molar refractivity (Wildman–Crippen MR) is 63.7 cm³/mol. The Labute approximate surface area is 89.2 Å². The summed E-state index contributed by atoms with van der Waals surface area (Å²) >= 11 is 0. The molecule has 0 amide bonds. The summed E-state index contributed by atoms with van der Waals surface area (Å²) in [4.78, 5) is 7.39. The second kappa shape index (κ2) is 4.75. The number of rotatable bonds is 4. The highest BCUT2D eigenvalue weighted by Gasteiger charge is 1.98. The average Bonchev–Trinajstić information content (AvgIpc) is 2.68. The predicted octanol–water partition coefficient (Wildman–Crippen LogP) is 2.19. The van der Waals surface area contributed by atoms with Crippen molar-refractivity contribution in [2.75, 3.05) is 13.1 Å². The number of nitrogens with zero attached hydrogens (tertiary/aromatic N) is 1. The van der Waals surface area contributed by atoms with Crippen molar-refractivity contribution < 1.29 is 0 Å². The summed E-state index contributed by atoms with van der Waals surface area (Å²) in [5, 5.41) is 4.42. The van der Waals surface area contributed by atoms with E-state index in [1.54, 1.807) is 6.20 Å². The number of hydrogen-bond donors (Lipinski definition) is 2. The van der Waals surface area contributed by atoms with Crippen LogP contribution in [0.25, 0.3) is 17.1 Å².